The molecule has 0 bridgehead atoms. The van der Waals surface area contributed by atoms with Gasteiger partial charge in [0.2, 0.25) is 0 Å². The molecule has 1 aromatic rings. The largest absolute Gasteiger partial charge is 0.490 e. The summed E-state index contributed by atoms with van der Waals surface area (Å²) >= 11 is 3.32. The van der Waals surface area contributed by atoms with Crippen molar-refractivity contribution in [1.29, 1.82) is 0 Å². The standard InChI is InChI=1S/C11H14BrNO3/c1-13-11(14)9-7-8(12)3-4-10(9)16-6-5-15-2/h3-4,7H,5-6H2,1-2H3,(H,13,14). The molecule has 1 amide bonds. The van der Waals surface area contributed by atoms with Crippen molar-refractivity contribution in [2.45, 2.75) is 0 Å². The number of amides is 1. The normalized spacial score (nSPS) is 9.94. The second-order valence-corrected chi connectivity index (χ2v) is 3.98. The van der Waals surface area contributed by atoms with Gasteiger partial charge in [0.25, 0.3) is 5.91 Å². The SMILES string of the molecule is CNC(=O)c1cc(Br)ccc1OCCOC. The Morgan fingerprint density at radius 3 is 2.81 bits per heavy atom. The van der Waals surface area contributed by atoms with Gasteiger partial charge in [0.15, 0.2) is 0 Å². The highest BCUT2D eigenvalue weighted by Crippen LogP contribution is 2.23. The van der Waals surface area contributed by atoms with Gasteiger partial charge in [-0.1, -0.05) is 15.9 Å². The average Bonchev–Trinajstić information content (AvgIpc) is 2.30. The lowest BCUT2D eigenvalue weighted by Gasteiger charge is -2.10. The number of carbonyl (C=O) groups is 1. The van der Waals surface area contributed by atoms with E-state index >= 15 is 0 Å². The van der Waals surface area contributed by atoms with Gasteiger partial charge in [0.1, 0.15) is 12.4 Å². The van der Waals surface area contributed by atoms with Gasteiger partial charge < -0.3 is 14.8 Å². The van der Waals surface area contributed by atoms with Crippen LogP contribution in [0.5, 0.6) is 5.75 Å². The van der Waals surface area contributed by atoms with Crippen LogP contribution in [0.15, 0.2) is 22.7 Å². The molecule has 0 saturated heterocycles. The van der Waals surface area contributed by atoms with Crippen LogP contribution >= 0.6 is 15.9 Å². The maximum Gasteiger partial charge on any atom is 0.254 e. The van der Waals surface area contributed by atoms with Crippen LogP contribution in [-0.4, -0.2) is 33.3 Å². The molecule has 0 spiro atoms. The maximum absolute atomic E-state index is 11.6. The molecule has 1 rings (SSSR count). The van der Waals surface area contributed by atoms with Gasteiger partial charge in [0, 0.05) is 18.6 Å². The fraction of sp³-hybridized carbons (Fsp3) is 0.364. The molecular formula is C11H14BrNO3. The first-order valence-electron chi connectivity index (χ1n) is 4.82. The number of nitrogens with one attached hydrogen (secondary N) is 1. The number of rotatable bonds is 5. The summed E-state index contributed by atoms with van der Waals surface area (Å²) in [4.78, 5) is 11.6. The van der Waals surface area contributed by atoms with Crippen LogP contribution in [0.3, 0.4) is 0 Å². The molecule has 16 heavy (non-hydrogen) atoms. The Kier molecular flexibility index (Phi) is 5.28. The summed E-state index contributed by atoms with van der Waals surface area (Å²) in [5, 5.41) is 2.57. The molecule has 0 saturated carbocycles. The fourth-order valence-electron chi connectivity index (χ4n) is 1.18. The van der Waals surface area contributed by atoms with Crippen molar-refractivity contribution in [2.24, 2.45) is 0 Å². The first-order chi connectivity index (χ1) is 7.69. The van der Waals surface area contributed by atoms with E-state index in [1.807, 2.05) is 6.07 Å². The third-order valence-corrected chi connectivity index (χ3v) is 2.45. The molecule has 5 heteroatoms. The lowest BCUT2D eigenvalue weighted by atomic mass is 10.2. The third-order valence-electron chi connectivity index (χ3n) is 1.96. The van der Waals surface area contributed by atoms with E-state index in [0.29, 0.717) is 24.5 Å². The highest BCUT2D eigenvalue weighted by Gasteiger charge is 2.11. The zero-order chi connectivity index (χ0) is 12.0. The van der Waals surface area contributed by atoms with Gasteiger partial charge in [-0.05, 0) is 18.2 Å². The Labute approximate surface area is 103 Å². The summed E-state index contributed by atoms with van der Waals surface area (Å²) in [5.41, 5.74) is 0.507. The predicted molar refractivity (Wildman–Crippen MR) is 64.9 cm³/mol. The topological polar surface area (TPSA) is 47.6 Å². The molecule has 0 aliphatic heterocycles. The van der Waals surface area contributed by atoms with Crippen LogP contribution in [0.25, 0.3) is 0 Å². The van der Waals surface area contributed by atoms with Crippen molar-refractivity contribution in [2.75, 3.05) is 27.4 Å². The highest BCUT2D eigenvalue weighted by atomic mass is 79.9. The molecule has 4 nitrogen and oxygen atoms in total. The van der Waals surface area contributed by atoms with E-state index in [-0.39, 0.29) is 5.91 Å². The van der Waals surface area contributed by atoms with E-state index in [2.05, 4.69) is 21.2 Å². The highest BCUT2D eigenvalue weighted by molar-refractivity contribution is 9.10. The van der Waals surface area contributed by atoms with E-state index in [4.69, 9.17) is 9.47 Å². The predicted octanol–water partition coefficient (Wildman–Crippen LogP) is 1.83. The average molecular weight is 288 g/mol. The maximum atomic E-state index is 11.6. The molecule has 0 aliphatic rings. The second-order valence-electron chi connectivity index (χ2n) is 3.06. The van der Waals surface area contributed by atoms with Crippen LogP contribution in [0.4, 0.5) is 0 Å². The van der Waals surface area contributed by atoms with Crippen molar-refractivity contribution >= 4 is 21.8 Å². The van der Waals surface area contributed by atoms with E-state index in [1.165, 1.54) is 0 Å². The summed E-state index contributed by atoms with van der Waals surface area (Å²) in [7, 11) is 3.19. The summed E-state index contributed by atoms with van der Waals surface area (Å²) < 4.78 is 11.2. The number of benzene rings is 1. The van der Waals surface area contributed by atoms with Crippen molar-refractivity contribution < 1.29 is 14.3 Å². The minimum absolute atomic E-state index is 0.172. The summed E-state index contributed by atoms with van der Waals surface area (Å²) in [6.07, 6.45) is 0. The molecule has 0 unspecified atom stereocenters. The number of ether oxygens (including phenoxy) is 2. The van der Waals surface area contributed by atoms with Crippen LogP contribution < -0.4 is 10.1 Å². The van der Waals surface area contributed by atoms with E-state index < -0.39 is 0 Å². The third kappa shape index (κ3) is 3.50. The van der Waals surface area contributed by atoms with E-state index in [1.54, 1.807) is 26.3 Å². The number of carbonyl (C=O) groups excluding carboxylic acids is 1. The Morgan fingerprint density at radius 1 is 1.44 bits per heavy atom. The summed E-state index contributed by atoms with van der Waals surface area (Å²) in [6, 6.07) is 5.31. The zero-order valence-electron chi connectivity index (χ0n) is 9.25. The van der Waals surface area contributed by atoms with Gasteiger partial charge in [-0.3, -0.25) is 4.79 Å². The second kappa shape index (κ2) is 6.50. The van der Waals surface area contributed by atoms with Gasteiger partial charge in [-0.25, -0.2) is 0 Å². The van der Waals surface area contributed by atoms with Gasteiger partial charge >= 0.3 is 0 Å². The number of methoxy groups -OCH3 is 1. The van der Waals surface area contributed by atoms with Crippen LogP contribution in [0.2, 0.25) is 0 Å². The Morgan fingerprint density at radius 2 is 2.19 bits per heavy atom. The lowest BCUT2D eigenvalue weighted by molar-refractivity contribution is 0.0955. The van der Waals surface area contributed by atoms with Crippen molar-refractivity contribution in [1.82, 2.24) is 5.32 Å². The Bertz CT molecular complexity index is 368. The van der Waals surface area contributed by atoms with E-state index in [0.717, 1.165) is 4.47 Å². The number of hydrogen-bond donors (Lipinski definition) is 1. The number of halogens is 1. The molecule has 0 aromatic heterocycles. The van der Waals surface area contributed by atoms with Crippen molar-refractivity contribution in [3.63, 3.8) is 0 Å². The molecular weight excluding hydrogens is 274 g/mol. The van der Waals surface area contributed by atoms with Gasteiger partial charge in [-0.2, -0.15) is 0 Å². The Balaban J connectivity index is 2.85. The minimum Gasteiger partial charge on any atom is -0.490 e. The lowest BCUT2D eigenvalue weighted by Crippen LogP contribution is -2.19. The molecule has 0 heterocycles. The Hall–Kier alpha value is -1.07. The van der Waals surface area contributed by atoms with Gasteiger partial charge in [-0.15, -0.1) is 0 Å². The molecule has 0 radical (unpaired) electrons. The minimum atomic E-state index is -0.172. The zero-order valence-corrected chi connectivity index (χ0v) is 10.8. The first-order valence-corrected chi connectivity index (χ1v) is 5.61. The molecule has 1 aromatic carbocycles. The van der Waals surface area contributed by atoms with Crippen molar-refractivity contribution in [3.8, 4) is 5.75 Å². The summed E-state index contributed by atoms with van der Waals surface area (Å²) in [5.74, 6) is 0.383. The molecule has 0 atom stereocenters. The van der Waals surface area contributed by atoms with E-state index in [9.17, 15) is 4.79 Å². The summed E-state index contributed by atoms with van der Waals surface area (Å²) in [6.45, 7) is 0.908. The molecule has 1 N–H and O–H groups in total. The first kappa shape index (κ1) is 13.0. The molecule has 0 fully saturated rings. The van der Waals surface area contributed by atoms with Crippen LogP contribution in [0, 0.1) is 0 Å². The number of hydrogen-bond acceptors (Lipinski definition) is 3. The smallest absolute Gasteiger partial charge is 0.254 e. The van der Waals surface area contributed by atoms with Crippen LogP contribution in [0.1, 0.15) is 10.4 Å². The molecule has 0 aliphatic carbocycles. The fourth-order valence-corrected chi connectivity index (χ4v) is 1.54. The molecule has 88 valence electrons. The van der Waals surface area contributed by atoms with Crippen LogP contribution in [-0.2, 0) is 4.74 Å². The monoisotopic (exact) mass is 287 g/mol. The quantitative estimate of drug-likeness (QED) is 0.841. The van der Waals surface area contributed by atoms with Crippen molar-refractivity contribution in [3.05, 3.63) is 28.2 Å². The van der Waals surface area contributed by atoms with Gasteiger partial charge in [0.05, 0.1) is 12.2 Å².